The second-order valence-corrected chi connectivity index (χ2v) is 3.16. The lowest BCUT2D eigenvalue weighted by molar-refractivity contribution is 0.371. The van der Waals surface area contributed by atoms with Crippen molar-refractivity contribution in [3.63, 3.8) is 0 Å². The van der Waals surface area contributed by atoms with Gasteiger partial charge in [0.15, 0.2) is 0 Å². The van der Waals surface area contributed by atoms with Gasteiger partial charge in [0.05, 0.1) is 11.5 Å². The summed E-state index contributed by atoms with van der Waals surface area (Å²) in [5.74, 6) is 0. The van der Waals surface area contributed by atoms with Gasteiger partial charge in [-0.05, 0) is 26.9 Å². The van der Waals surface area contributed by atoms with E-state index < -0.39 is 0 Å². The van der Waals surface area contributed by atoms with Gasteiger partial charge in [-0.25, -0.2) is 0 Å². The van der Waals surface area contributed by atoms with Crippen molar-refractivity contribution in [3.05, 3.63) is 0 Å². The van der Waals surface area contributed by atoms with Gasteiger partial charge in [-0.15, -0.1) is 0 Å². The summed E-state index contributed by atoms with van der Waals surface area (Å²) in [7, 11) is 2.06. The highest BCUT2D eigenvalue weighted by Crippen LogP contribution is 2.27. The Morgan fingerprint density at radius 1 is 1.67 bits per heavy atom. The smallest absolute Gasteiger partial charge is 0.0700 e. The summed E-state index contributed by atoms with van der Waals surface area (Å²) in [6.07, 6.45) is 1.03. The average Bonchev–Trinajstić information content (AvgIpc) is 2.13. The molecule has 0 aromatic carbocycles. The molecule has 2 nitrogen and oxygen atoms in total. The summed E-state index contributed by atoms with van der Waals surface area (Å²) in [5, 5.41) is 8.67. The van der Waals surface area contributed by atoms with Crippen LogP contribution in [0.2, 0.25) is 0 Å². The average molecular weight is 124 g/mol. The molecule has 2 heteroatoms. The fourth-order valence-electron chi connectivity index (χ4n) is 1.28. The van der Waals surface area contributed by atoms with Crippen LogP contribution in [0, 0.1) is 16.7 Å². The molecule has 0 aromatic heterocycles. The van der Waals surface area contributed by atoms with E-state index in [4.69, 9.17) is 5.26 Å². The number of nitrogens with zero attached hydrogens (tertiary/aromatic N) is 2. The van der Waals surface area contributed by atoms with Crippen LogP contribution in [0.5, 0.6) is 0 Å². The van der Waals surface area contributed by atoms with Crippen molar-refractivity contribution in [3.8, 4) is 6.07 Å². The van der Waals surface area contributed by atoms with Gasteiger partial charge >= 0.3 is 0 Å². The summed E-state index contributed by atoms with van der Waals surface area (Å²) < 4.78 is 0. The van der Waals surface area contributed by atoms with Crippen molar-refractivity contribution in [2.45, 2.75) is 13.3 Å². The van der Waals surface area contributed by atoms with Crippen LogP contribution >= 0.6 is 0 Å². The van der Waals surface area contributed by atoms with Crippen LogP contribution in [0.1, 0.15) is 13.3 Å². The van der Waals surface area contributed by atoms with Crippen LogP contribution in [-0.4, -0.2) is 25.0 Å². The SMILES string of the molecule is CN1CCC(C)(C#N)C1. The first-order valence-electron chi connectivity index (χ1n) is 3.26. The molecule has 0 bridgehead atoms. The second kappa shape index (κ2) is 2.00. The van der Waals surface area contributed by atoms with Crippen LogP contribution in [0.4, 0.5) is 0 Å². The third kappa shape index (κ3) is 1.22. The van der Waals surface area contributed by atoms with E-state index in [1.807, 2.05) is 6.92 Å². The molecule has 50 valence electrons. The van der Waals surface area contributed by atoms with E-state index in [0.29, 0.717) is 0 Å². The lowest BCUT2D eigenvalue weighted by Crippen LogP contribution is -2.19. The molecule has 1 heterocycles. The highest BCUT2D eigenvalue weighted by Gasteiger charge is 2.31. The molecular formula is C7H12N2. The van der Waals surface area contributed by atoms with E-state index in [9.17, 15) is 0 Å². The van der Waals surface area contributed by atoms with E-state index >= 15 is 0 Å². The number of hydrogen-bond acceptors (Lipinski definition) is 2. The zero-order valence-corrected chi connectivity index (χ0v) is 6.02. The maximum atomic E-state index is 8.67. The molecule has 1 atom stereocenters. The van der Waals surface area contributed by atoms with Crippen molar-refractivity contribution in [1.82, 2.24) is 4.90 Å². The number of nitriles is 1. The Balaban J connectivity index is 2.58. The molecule has 0 amide bonds. The Hall–Kier alpha value is -0.550. The molecule has 1 saturated heterocycles. The lowest BCUT2D eigenvalue weighted by atomic mass is 9.92. The topological polar surface area (TPSA) is 27.0 Å². The molecular weight excluding hydrogens is 112 g/mol. The Labute approximate surface area is 56.1 Å². The highest BCUT2D eigenvalue weighted by atomic mass is 15.1. The molecule has 0 spiro atoms. The molecule has 1 rings (SSSR count). The monoisotopic (exact) mass is 124 g/mol. The minimum atomic E-state index is -0.0608. The van der Waals surface area contributed by atoms with Gasteiger partial charge in [0.2, 0.25) is 0 Å². The van der Waals surface area contributed by atoms with Gasteiger partial charge in [0, 0.05) is 6.54 Å². The quantitative estimate of drug-likeness (QED) is 0.478. The van der Waals surface area contributed by atoms with E-state index in [2.05, 4.69) is 18.0 Å². The van der Waals surface area contributed by atoms with Crippen LogP contribution in [0.3, 0.4) is 0 Å². The second-order valence-electron chi connectivity index (χ2n) is 3.16. The standard InChI is InChI=1S/C7H12N2/c1-7(5-8)3-4-9(2)6-7/h3-4,6H2,1-2H3. The molecule has 1 fully saturated rings. The van der Waals surface area contributed by atoms with Crippen molar-refractivity contribution < 1.29 is 0 Å². The number of hydrogen-bond donors (Lipinski definition) is 0. The van der Waals surface area contributed by atoms with E-state index in [1.54, 1.807) is 0 Å². The molecule has 1 aliphatic heterocycles. The van der Waals surface area contributed by atoms with Crippen LogP contribution < -0.4 is 0 Å². The number of rotatable bonds is 0. The predicted molar refractivity (Wildman–Crippen MR) is 35.8 cm³/mol. The van der Waals surface area contributed by atoms with Crippen LogP contribution in [-0.2, 0) is 0 Å². The molecule has 0 aliphatic carbocycles. The fraction of sp³-hybridized carbons (Fsp3) is 0.857. The zero-order chi connectivity index (χ0) is 6.91. The first-order chi connectivity index (χ1) is 4.16. The number of likely N-dealkylation sites (tertiary alicyclic amines) is 1. The zero-order valence-electron chi connectivity index (χ0n) is 6.02. The third-order valence-corrected chi connectivity index (χ3v) is 1.93. The maximum Gasteiger partial charge on any atom is 0.0700 e. The Morgan fingerprint density at radius 2 is 2.33 bits per heavy atom. The van der Waals surface area contributed by atoms with Gasteiger partial charge in [0.25, 0.3) is 0 Å². The van der Waals surface area contributed by atoms with Gasteiger partial charge in [-0.3, -0.25) is 0 Å². The van der Waals surface area contributed by atoms with Crippen LogP contribution in [0.25, 0.3) is 0 Å². The maximum absolute atomic E-state index is 8.67. The summed E-state index contributed by atoms with van der Waals surface area (Å²) >= 11 is 0. The summed E-state index contributed by atoms with van der Waals surface area (Å²) in [4.78, 5) is 2.20. The molecule has 0 saturated carbocycles. The molecule has 1 unspecified atom stereocenters. The van der Waals surface area contributed by atoms with Gasteiger partial charge in [0.1, 0.15) is 0 Å². The normalized spacial score (nSPS) is 36.6. The molecule has 1 aliphatic rings. The van der Waals surface area contributed by atoms with Crippen molar-refractivity contribution in [2.75, 3.05) is 20.1 Å². The van der Waals surface area contributed by atoms with Gasteiger partial charge < -0.3 is 4.90 Å². The fourth-order valence-corrected chi connectivity index (χ4v) is 1.28. The largest absolute Gasteiger partial charge is 0.305 e. The van der Waals surface area contributed by atoms with Crippen molar-refractivity contribution >= 4 is 0 Å². The molecule has 0 aromatic rings. The molecule has 9 heavy (non-hydrogen) atoms. The molecule has 0 radical (unpaired) electrons. The lowest BCUT2D eigenvalue weighted by Gasteiger charge is -2.12. The minimum Gasteiger partial charge on any atom is -0.305 e. The Bertz CT molecular complexity index is 147. The van der Waals surface area contributed by atoms with E-state index in [-0.39, 0.29) is 5.41 Å². The Kier molecular flexibility index (Phi) is 1.46. The first kappa shape index (κ1) is 6.57. The van der Waals surface area contributed by atoms with Crippen LogP contribution in [0.15, 0.2) is 0 Å². The predicted octanol–water partition coefficient (Wildman–Crippen LogP) is 0.852. The highest BCUT2D eigenvalue weighted by molar-refractivity contribution is 5.01. The summed E-state index contributed by atoms with van der Waals surface area (Å²) in [5.41, 5.74) is -0.0608. The minimum absolute atomic E-state index is 0.0608. The van der Waals surface area contributed by atoms with Gasteiger partial charge in [-0.1, -0.05) is 0 Å². The van der Waals surface area contributed by atoms with Gasteiger partial charge in [-0.2, -0.15) is 5.26 Å². The van der Waals surface area contributed by atoms with E-state index in [1.165, 1.54) is 0 Å². The van der Waals surface area contributed by atoms with E-state index in [0.717, 1.165) is 19.5 Å². The Morgan fingerprint density at radius 3 is 2.56 bits per heavy atom. The summed E-state index contributed by atoms with van der Waals surface area (Å²) in [6.45, 7) is 4.03. The first-order valence-corrected chi connectivity index (χ1v) is 3.26. The van der Waals surface area contributed by atoms with Crippen molar-refractivity contribution in [2.24, 2.45) is 5.41 Å². The van der Waals surface area contributed by atoms with Crippen molar-refractivity contribution in [1.29, 1.82) is 5.26 Å². The molecule has 0 N–H and O–H groups in total. The third-order valence-electron chi connectivity index (χ3n) is 1.93. The summed E-state index contributed by atoms with van der Waals surface area (Å²) in [6, 6.07) is 2.33.